The molecule has 2 nitrogen and oxygen atoms in total. The van der Waals surface area contributed by atoms with Crippen LogP contribution in [0, 0.1) is 0 Å². The van der Waals surface area contributed by atoms with Crippen LogP contribution in [-0.4, -0.2) is 30.1 Å². The van der Waals surface area contributed by atoms with Crippen molar-refractivity contribution in [1.29, 1.82) is 0 Å². The van der Waals surface area contributed by atoms with Crippen molar-refractivity contribution in [3.63, 3.8) is 0 Å². The maximum absolute atomic E-state index is 6.17. The Morgan fingerprint density at radius 2 is 1.79 bits per heavy atom. The van der Waals surface area contributed by atoms with E-state index in [9.17, 15) is 0 Å². The number of nitrogens with two attached hydrogens (primary N) is 1. The fourth-order valence-corrected chi connectivity index (χ4v) is 1.88. The van der Waals surface area contributed by atoms with Gasteiger partial charge in [0.2, 0.25) is 0 Å². The highest BCUT2D eigenvalue weighted by atomic mass is 15.1. The van der Waals surface area contributed by atoms with Gasteiger partial charge in [0.1, 0.15) is 0 Å². The van der Waals surface area contributed by atoms with E-state index in [0.717, 1.165) is 26.1 Å². The third-order valence-corrected chi connectivity index (χ3v) is 3.05. The monoisotopic (exact) mass is 194 g/mol. The van der Waals surface area contributed by atoms with E-state index in [1.807, 2.05) is 12.2 Å². The van der Waals surface area contributed by atoms with Crippen LogP contribution in [0.4, 0.5) is 0 Å². The van der Waals surface area contributed by atoms with Crippen LogP contribution in [0.25, 0.3) is 0 Å². The first-order chi connectivity index (χ1) is 6.70. The van der Waals surface area contributed by atoms with Gasteiger partial charge in [-0.1, -0.05) is 12.2 Å². The first-order valence-electron chi connectivity index (χ1n) is 5.43. The van der Waals surface area contributed by atoms with E-state index < -0.39 is 0 Å². The van der Waals surface area contributed by atoms with Gasteiger partial charge < -0.3 is 5.73 Å². The molecule has 2 N–H and O–H groups in total. The van der Waals surface area contributed by atoms with Crippen LogP contribution in [0.1, 0.15) is 25.7 Å². The molecule has 1 aliphatic rings. The number of hydrogen-bond donors (Lipinski definition) is 1. The Labute approximate surface area is 87.5 Å². The van der Waals surface area contributed by atoms with E-state index in [2.05, 4.69) is 18.1 Å². The summed E-state index contributed by atoms with van der Waals surface area (Å²) in [6.45, 7) is 10.4. The summed E-state index contributed by atoms with van der Waals surface area (Å²) < 4.78 is 0. The third-order valence-electron chi connectivity index (χ3n) is 3.05. The summed E-state index contributed by atoms with van der Waals surface area (Å²) in [4.78, 5) is 2.33. The molecule has 0 bridgehead atoms. The topological polar surface area (TPSA) is 29.3 Å². The molecule has 1 aliphatic carbocycles. The van der Waals surface area contributed by atoms with Gasteiger partial charge >= 0.3 is 0 Å². The molecular formula is C12H22N2. The molecule has 0 spiro atoms. The molecule has 1 rings (SSSR count). The Kier molecular flexibility index (Phi) is 4.36. The van der Waals surface area contributed by atoms with Crippen LogP contribution >= 0.6 is 0 Å². The summed E-state index contributed by atoms with van der Waals surface area (Å²) in [6, 6.07) is 0. The highest BCUT2D eigenvalue weighted by Crippen LogP contribution is 2.32. The maximum atomic E-state index is 6.17. The maximum Gasteiger partial charge on any atom is 0.0166 e. The normalized spacial score (nSPS) is 19.0. The van der Waals surface area contributed by atoms with E-state index in [1.54, 1.807) is 0 Å². The van der Waals surface area contributed by atoms with Crippen molar-refractivity contribution < 1.29 is 0 Å². The van der Waals surface area contributed by atoms with Crippen molar-refractivity contribution in [3.05, 3.63) is 25.3 Å². The van der Waals surface area contributed by atoms with Crippen molar-refractivity contribution in [2.75, 3.05) is 19.6 Å². The molecule has 14 heavy (non-hydrogen) atoms. The smallest absolute Gasteiger partial charge is 0.0166 e. The van der Waals surface area contributed by atoms with Gasteiger partial charge in [-0.25, -0.2) is 0 Å². The number of nitrogens with zero attached hydrogens (tertiary/aromatic N) is 1. The molecule has 0 atom stereocenters. The standard InChI is InChI=1S/C12H22N2/c1-3-9-14(10-4-2)11-8-12(13)6-5-7-12/h3-4H,1-2,5-11,13H2. The molecule has 0 unspecified atom stereocenters. The second-order valence-electron chi connectivity index (χ2n) is 4.30. The van der Waals surface area contributed by atoms with E-state index in [4.69, 9.17) is 5.73 Å². The van der Waals surface area contributed by atoms with E-state index in [1.165, 1.54) is 19.3 Å². The van der Waals surface area contributed by atoms with Crippen LogP contribution in [0.2, 0.25) is 0 Å². The van der Waals surface area contributed by atoms with Gasteiger partial charge in [0.15, 0.2) is 0 Å². The van der Waals surface area contributed by atoms with E-state index in [-0.39, 0.29) is 5.54 Å². The number of rotatable bonds is 7. The largest absolute Gasteiger partial charge is 0.325 e. The van der Waals surface area contributed by atoms with Crippen LogP contribution in [0.3, 0.4) is 0 Å². The Hall–Kier alpha value is -0.600. The molecule has 0 radical (unpaired) electrons. The summed E-state index contributed by atoms with van der Waals surface area (Å²) in [5.41, 5.74) is 6.30. The second kappa shape index (κ2) is 5.32. The first kappa shape index (κ1) is 11.5. The van der Waals surface area contributed by atoms with Crippen LogP contribution < -0.4 is 5.73 Å². The predicted octanol–water partition coefficient (Wildman–Crippen LogP) is 1.93. The van der Waals surface area contributed by atoms with Gasteiger partial charge in [0, 0.05) is 25.2 Å². The molecule has 0 aromatic heterocycles. The summed E-state index contributed by atoms with van der Waals surface area (Å²) >= 11 is 0. The zero-order valence-corrected chi connectivity index (χ0v) is 9.04. The van der Waals surface area contributed by atoms with Gasteiger partial charge in [0.25, 0.3) is 0 Å². The lowest BCUT2D eigenvalue weighted by molar-refractivity contribution is 0.195. The Morgan fingerprint density at radius 1 is 1.21 bits per heavy atom. The van der Waals surface area contributed by atoms with Crippen LogP contribution in [0.5, 0.6) is 0 Å². The average Bonchev–Trinajstić information content (AvgIpc) is 2.12. The zero-order valence-electron chi connectivity index (χ0n) is 9.04. The molecule has 0 aromatic rings. The third kappa shape index (κ3) is 3.28. The summed E-state index contributed by atoms with van der Waals surface area (Å²) in [7, 11) is 0. The zero-order chi connectivity index (χ0) is 10.4. The molecule has 0 aliphatic heterocycles. The van der Waals surface area contributed by atoms with E-state index >= 15 is 0 Å². The second-order valence-corrected chi connectivity index (χ2v) is 4.30. The number of hydrogen-bond acceptors (Lipinski definition) is 2. The SMILES string of the molecule is C=CCN(CC=C)CCC1(N)CCC1. The average molecular weight is 194 g/mol. The molecule has 0 saturated heterocycles. The molecule has 0 amide bonds. The fourth-order valence-electron chi connectivity index (χ4n) is 1.88. The molecule has 0 aromatic carbocycles. The van der Waals surface area contributed by atoms with Gasteiger partial charge in [-0.2, -0.15) is 0 Å². The minimum atomic E-state index is 0.139. The molecule has 1 fully saturated rings. The van der Waals surface area contributed by atoms with Crippen molar-refractivity contribution >= 4 is 0 Å². The van der Waals surface area contributed by atoms with E-state index in [0.29, 0.717) is 0 Å². The lowest BCUT2D eigenvalue weighted by Gasteiger charge is -2.39. The summed E-state index contributed by atoms with van der Waals surface area (Å²) in [5.74, 6) is 0. The fraction of sp³-hybridized carbons (Fsp3) is 0.667. The molecule has 0 heterocycles. The minimum Gasteiger partial charge on any atom is -0.325 e. The lowest BCUT2D eigenvalue weighted by atomic mass is 9.75. The lowest BCUT2D eigenvalue weighted by Crippen LogP contribution is -2.48. The molecule has 2 heteroatoms. The highest BCUT2D eigenvalue weighted by Gasteiger charge is 2.32. The van der Waals surface area contributed by atoms with Gasteiger partial charge in [0.05, 0.1) is 0 Å². The van der Waals surface area contributed by atoms with Crippen molar-refractivity contribution in [1.82, 2.24) is 4.90 Å². The summed E-state index contributed by atoms with van der Waals surface area (Å²) in [6.07, 6.45) is 8.68. The van der Waals surface area contributed by atoms with Crippen molar-refractivity contribution in [2.24, 2.45) is 5.73 Å². The molecular weight excluding hydrogens is 172 g/mol. The Balaban J connectivity index is 2.24. The highest BCUT2D eigenvalue weighted by molar-refractivity contribution is 4.93. The van der Waals surface area contributed by atoms with Crippen LogP contribution in [0.15, 0.2) is 25.3 Å². The molecule has 80 valence electrons. The first-order valence-corrected chi connectivity index (χ1v) is 5.43. The van der Waals surface area contributed by atoms with Gasteiger partial charge in [-0.05, 0) is 25.7 Å². The predicted molar refractivity (Wildman–Crippen MR) is 62.2 cm³/mol. The Bertz CT molecular complexity index is 184. The minimum absolute atomic E-state index is 0.139. The quantitative estimate of drug-likeness (QED) is 0.627. The van der Waals surface area contributed by atoms with Crippen LogP contribution in [-0.2, 0) is 0 Å². The van der Waals surface area contributed by atoms with Crippen molar-refractivity contribution in [3.8, 4) is 0 Å². The Morgan fingerprint density at radius 3 is 2.14 bits per heavy atom. The van der Waals surface area contributed by atoms with Crippen molar-refractivity contribution in [2.45, 2.75) is 31.2 Å². The van der Waals surface area contributed by atoms with Gasteiger partial charge in [-0.3, -0.25) is 4.90 Å². The molecule has 1 saturated carbocycles. The summed E-state index contributed by atoms with van der Waals surface area (Å²) in [5, 5.41) is 0. The van der Waals surface area contributed by atoms with Gasteiger partial charge in [-0.15, -0.1) is 13.2 Å².